The summed E-state index contributed by atoms with van der Waals surface area (Å²) >= 11 is 0. The first-order valence-corrected chi connectivity index (χ1v) is 12.7. The van der Waals surface area contributed by atoms with Crippen molar-refractivity contribution in [2.45, 2.75) is 6.85 Å². The summed E-state index contributed by atoms with van der Waals surface area (Å²) in [6.07, 6.45) is 1.59. The van der Waals surface area contributed by atoms with Crippen molar-refractivity contribution in [3.05, 3.63) is 127 Å². The van der Waals surface area contributed by atoms with Crippen LogP contribution in [0.4, 0.5) is 0 Å². The highest BCUT2D eigenvalue weighted by molar-refractivity contribution is 6.32. The molecule has 6 aromatic carbocycles. The molecule has 0 amide bonds. The van der Waals surface area contributed by atoms with Crippen molar-refractivity contribution in [2.75, 3.05) is 0 Å². The fourth-order valence-corrected chi connectivity index (χ4v) is 5.82. The number of fused-ring (bicyclic) bond motifs is 10. The molecular formula is C36H23NO. The van der Waals surface area contributed by atoms with Crippen molar-refractivity contribution in [1.29, 1.82) is 0 Å². The Morgan fingerprint density at radius 1 is 0.553 bits per heavy atom. The van der Waals surface area contributed by atoms with Gasteiger partial charge in [0.2, 0.25) is 0 Å². The molecule has 0 spiro atoms. The molecule has 0 radical (unpaired) electrons. The molecule has 0 atom stereocenters. The topological polar surface area (TPSA) is 26.0 Å². The minimum Gasteiger partial charge on any atom is -0.455 e. The van der Waals surface area contributed by atoms with Gasteiger partial charge in [0.05, 0.1) is 5.52 Å². The zero-order chi connectivity index (χ0) is 27.7. The molecule has 0 unspecified atom stereocenters. The molecule has 0 saturated carbocycles. The lowest BCUT2D eigenvalue weighted by Gasteiger charge is -2.11. The molecule has 178 valence electrons. The summed E-state index contributed by atoms with van der Waals surface area (Å²) in [5, 5.41) is 6.27. The van der Waals surface area contributed by atoms with Gasteiger partial charge in [0.25, 0.3) is 0 Å². The van der Waals surface area contributed by atoms with E-state index in [9.17, 15) is 0 Å². The number of benzene rings is 6. The lowest BCUT2D eigenvalue weighted by molar-refractivity contribution is 0.673. The van der Waals surface area contributed by atoms with Crippen LogP contribution in [0, 0.1) is 6.85 Å². The Kier molecular flexibility index (Phi) is 3.87. The summed E-state index contributed by atoms with van der Waals surface area (Å²) in [5.41, 5.74) is 6.91. The molecule has 2 heteroatoms. The van der Waals surface area contributed by atoms with Gasteiger partial charge in [-0.3, -0.25) is 4.98 Å². The molecule has 8 rings (SSSR count). The van der Waals surface area contributed by atoms with Crippen LogP contribution in [0.25, 0.3) is 76.6 Å². The Hall–Kier alpha value is -4.95. The molecule has 38 heavy (non-hydrogen) atoms. The van der Waals surface area contributed by atoms with Crippen molar-refractivity contribution < 1.29 is 8.53 Å². The van der Waals surface area contributed by atoms with Gasteiger partial charge in [0, 0.05) is 37.2 Å². The van der Waals surface area contributed by atoms with E-state index in [0.29, 0.717) is 16.5 Å². The molecule has 0 aliphatic carbocycles. The normalized spacial score (nSPS) is 13.3. The zero-order valence-corrected chi connectivity index (χ0v) is 20.4. The molecular weight excluding hydrogens is 462 g/mol. The van der Waals surface area contributed by atoms with Crippen molar-refractivity contribution in [2.24, 2.45) is 0 Å². The summed E-state index contributed by atoms with van der Waals surface area (Å²) < 4.78 is 31.6. The van der Waals surface area contributed by atoms with Crippen LogP contribution >= 0.6 is 0 Å². The van der Waals surface area contributed by atoms with Crippen LogP contribution in [-0.4, -0.2) is 4.98 Å². The SMILES string of the molecule is [2H]C([2H])([2H])c1ccnc2c3ccccc3c3ccc4c5ccc(-c6ccc(-c7ccccc7)cc6)cc5oc4c3c12. The first kappa shape index (κ1) is 18.3. The van der Waals surface area contributed by atoms with E-state index >= 15 is 0 Å². The molecule has 2 heterocycles. The lowest BCUT2D eigenvalue weighted by Crippen LogP contribution is -1.88. The predicted octanol–water partition coefficient (Wildman–Crippen LogP) is 10.1. The molecule has 0 bridgehead atoms. The minimum atomic E-state index is -2.30. The Morgan fingerprint density at radius 3 is 2.03 bits per heavy atom. The largest absolute Gasteiger partial charge is 0.455 e. The maximum atomic E-state index is 8.32. The second kappa shape index (κ2) is 8.03. The minimum absolute atomic E-state index is 0.283. The van der Waals surface area contributed by atoms with Gasteiger partial charge in [-0.25, -0.2) is 0 Å². The van der Waals surface area contributed by atoms with Crippen molar-refractivity contribution in [1.82, 2.24) is 4.98 Å². The van der Waals surface area contributed by atoms with Crippen molar-refractivity contribution in [3.8, 4) is 22.3 Å². The number of hydrogen-bond donors (Lipinski definition) is 0. The molecule has 2 aromatic heterocycles. The molecule has 0 aliphatic heterocycles. The standard InChI is InChI=1S/C36H23NO/c1-22-19-20-37-35-30-10-6-5-9-27(30)29-17-18-31-28-16-15-26(21-32(28)38-36(31)34(29)33(22)35)25-13-11-24(12-14-25)23-7-3-2-4-8-23/h2-21H,1H3/i1D3. The molecule has 0 N–H and O–H groups in total. The predicted molar refractivity (Wildman–Crippen MR) is 160 cm³/mol. The number of furan rings is 1. The summed E-state index contributed by atoms with van der Waals surface area (Å²) in [6.45, 7) is -2.30. The second-order valence-electron chi connectivity index (χ2n) is 9.75. The number of rotatable bonds is 2. The van der Waals surface area contributed by atoms with Crippen LogP contribution in [-0.2, 0) is 0 Å². The molecule has 8 aromatic rings. The first-order chi connectivity index (χ1) is 20.0. The van der Waals surface area contributed by atoms with E-state index in [1.54, 1.807) is 12.3 Å². The smallest absolute Gasteiger partial charge is 0.143 e. The highest BCUT2D eigenvalue weighted by atomic mass is 16.3. The third-order valence-corrected chi connectivity index (χ3v) is 7.64. The summed E-state index contributed by atoms with van der Waals surface area (Å²) in [5.74, 6) is 0. The van der Waals surface area contributed by atoms with E-state index in [0.717, 1.165) is 49.0 Å². The van der Waals surface area contributed by atoms with Gasteiger partial charge in [0.1, 0.15) is 11.2 Å². The van der Waals surface area contributed by atoms with Gasteiger partial charge in [-0.1, -0.05) is 91.0 Å². The third kappa shape index (κ3) is 3.04. The Balaban J connectivity index is 1.39. The molecule has 2 nitrogen and oxygen atoms in total. The van der Waals surface area contributed by atoms with Gasteiger partial charge < -0.3 is 4.42 Å². The third-order valence-electron chi connectivity index (χ3n) is 7.64. The fraction of sp³-hybridized carbons (Fsp3) is 0.0278. The first-order valence-electron chi connectivity index (χ1n) is 14.2. The number of pyridine rings is 1. The molecule has 0 fully saturated rings. The van der Waals surface area contributed by atoms with Crippen LogP contribution < -0.4 is 0 Å². The van der Waals surface area contributed by atoms with E-state index in [-0.39, 0.29) is 5.56 Å². The van der Waals surface area contributed by atoms with E-state index in [2.05, 4.69) is 77.8 Å². The highest BCUT2D eigenvalue weighted by Crippen LogP contribution is 2.42. The number of hydrogen-bond acceptors (Lipinski definition) is 2. The molecule has 0 aliphatic rings. The van der Waals surface area contributed by atoms with Crippen LogP contribution in [0.3, 0.4) is 0 Å². The summed E-state index contributed by atoms with van der Waals surface area (Å²) in [7, 11) is 0. The zero-order valence-electron chi connectivity index (χ0n) is 23.4. The quantitative estimate of drug-likeness (QED) is 0.226. The second-order valence-corrected chi connectivity index (χ2v) is 9.75. The van der Waals surface area contributed by atoms with E-state index in [1.165, 1.54) is 11.1 Å². The van der Waals surface area contributed by atoms with Crippen molar-refractivity contribution >= 4 is 54.4 Å². The molecule has 0 saturated heterocycles. The van der Waals surface area contributed by atoms with Gasteiger partial charge in [0.15, 0.2) is 0 Å². The lowest BCUT2D eigenvalue weighted by atomic mass is 9.93. The van der Waals surface area contributed by atoms with E-state index in [1.807, 2.05) is 36.4 Å². The Labute approximate surface area is 224 Å². The summed E-state index contributed by atoms with van der Waals surface area (Å²) in [6, 6.07) is 39.0. The van der Waals surface area contributed by atoms with E-state index < -0.39 is 6.85 Å². The maximum absolute atomic E-state index is 8.32. The van der Waals surface area contributed by atoms with Crippen LogP contribution in [0.2, 0.25) is 0 Å². The number of aromatic nitrogens is 1. The van der Waals surface area contributed by atoms with Gasteiger partial charge in [-0.15, -0.1) is 0 Å². The Morgan fingerprint density at radius 2 is 1.21 bits per heavy atom. The maximum Gasteiger partial charge on any atom is 0.143 e. The average Bonchev–Trinajstić information content (AvgIpc) is 3.39. The van der Waals surface area contributed by atoms with Crippen LogP contribution in [0.15, 0.2) is 126 Å². The number of nitrogens with zero attached hydrogens (tertiary/aromatic N) is 1. The van der Waals surface area contributed by atoms with Crippen molar-refractivity contribution in [3.63, 3.8) is 0 Å². The van der Waals surface area contributed by atoms with Crippen LogP contribution in [0.5, 0.6) is 0 Å². The average molecular weight is 489 g/mol. The summed E-state index contributed by atoms with van der Waals surface area (Å²) in [4.78, 5) is 4.69. The van der Waals surface area contributed by atoms with Gasteiger partial charge in [-0.05, 0) is 69.7 Å². The fourth-order valence-electron chi connectivity index (χ4n) is 5.82. The van der Waals surface area contributed by atoms with Crippen LogP contribution in [0.1, 0.15) is 9.68 Å². The van der Waals surface area contributed by atoms with Gasteiger partial charge in [-0.2, -0.15) is 0 Å². The van der Waals surface area contributed by atoms with Gasteiger partial charge >= 0.3 is 0 Å². The Bertz CT molecular complexity index is 2280. The monoisotopic (exact) mass is 488 g/mol. The van der Waals surface area contributed by atoms with E-state index in [4.69, 9.17) is 8.53 Å². The number of aryl methyl sites for hydroxylation is 1. The highest BCUT2D eigenvalue weighted by Gasteiger charge is 2.18.